The number of aliphatic hydroxyl groups is 1. The van der Waals surface area contributed by atoms with Gasteiger partial charge in [-0.25, -0.2) is 4.79 Å². The molecule has 2 aromatic rings. The Hall–Kier alpha value is -2.87. The van der Waals surface area contributed by atoms with Crippen molar-refractivity contribution in [2.75, 3.05) is 5.32 Å². The summed E-state index contributed by atoms with van der Waals surface area (Å²) in [5, 5.41) is 26.3. The third kappa shape index (κ3) is 4.80. The van der Waals surface area contributed by atoms with Gasteiger partial charge in [0, 0.05) is 24.1 Å². The van der Waals surface area contributed by atoms with E-state index in [9.17, 15) is 20.0 Å². The fourth-order valence-electron chi connectivity index (χ4n) is 2.55. The number of hydrogen-bond donors (Lipinski definition) is 3. The van der Waals surface area contributed by atoms with Gasteiger partial charge in [0.2, 0.25) is 0 Å². The number of rotatable bonds is 6. The first-order valence-corrected chi connectivity index (χ1v) is 7.82. The van der Waals surface area contributed by atoms with Crippen molar-refractivity contribution in [2.24, 2.45) is 0 Å². The number of nitrogens with one attached hydrogen (secondary N) is 2. The van der Waals surface area contributed by atoms with Gasteiger partial charge in [-0.15, -0.1) is 0 Å². The van der Waals surface area contributed by atoms with E-state index in [2.05, 4.69) is 10.6 Å². The molecule has 0 saturated carbocycles. The molecule has 134 valence electrons. The Labute approximate surface area is 145 Å². The van der Waals surface area contributed by atoms with E-state index in [1.807, 2.05) is 0 Å². The maximum Gasteiger partial charge on any atom is 0.319 e. The van der Waals surface area contributed by atoms with Gasteiger partial charge in [-0.2, -0.15) is 0 Å². The van der Waals surface area contributed by atoms with Crippen LogP contribution in [-0.4, -0.2) is 22.1 Å². The van der Waals surface area contributed by atoms with Gasteiger partial charge in [0.1, 0.15) is 11.9 Å². The lowest BCUT2D eigenvalue weighted by atomic mass is 10.1. The Morgan fingerprint density at radius 3 is 2.68 bits per heavy atom. The van der Waals surface area contributed by atoms with Gasteiger partial charge < -0.3 is 20.2 Å². The Bertz CT molecular complexity index is 758. The molecule has 0 aliphatic carbocycles. The SMILES string of the molecule is Cc1cc(C)c([N+](=O)[O-])cc1NC(=O)N[C@@H](C)C[C@H](O)c1ccco1. The Morgan fingerprint density at radius 1 is 1.36 bits per heavy atom. The molecular weight excluding hydrogens is 326 g/mol. The third-order valence-electron chi connectivity index (χ3n) is 3.81. The summed E-state index contributed by atoms with van der Waals surface area (Å²) < 4.78 is 5.12. The van der Waals surface area contributed by atoms with Gasteiger partial charge in [-0.1, -0.05) is 0 Å². The first kappa shape index (κ1) is 18.5. The number of carbonyl (C=O) groups is 1. The van der Waals surface area contributed by atoms with Crippen LogP contribution in [0.25, 0.3) is 0 Å². The monoisotopic (exact) mass is 347 g/mol. The molecule has 0 unspecified atom stereocenters. The lowest BCUT2D eigenvalue weighted by molar-refractivity contribution is -0.385. The Kier molecular flexibility index (Phi) is 5.76. The summed E-state index contributed by atoms with van der Waals surface area (Å²) in [7, 11) is 0. The highest BCUT2D eigenvalue weighted by Crippen LogP contribution is 2.26. The summed E-state index contributed by atoms with van der Waals surface area (Å²) >= 11 is 0. The van der Waals surface area contributed by atoms with E-state index in [1.54, 1.807) is 39.0 Å². The number of nitrogens with zero attached hydrogens (tertiary/aromatic N) is 1. The van der Waals surface area contributed by atoms with E-state index >= 15 is 0 Å². The summed E-state index contributed by atoms with van der Waals surface area (Å²) in [6, 6.07) is 5.49. The molecule has 0 aliphatic rings. The van der Waals surface area contributed by atoms with Crippen LogP contribution in [0.3, 0.4) is 0 Å². The van der Waals surface area contributed by atoms with Crippen LogP contribution in [-0.2, 0) is 0 Å². The zero-order valence-corrected chi connectivity index (χ0v) is 14.3. The molecule has 2 rings (SSSR count). The number of nitro benzene ring substituents is 1. The van der Waals surface area contributed by atoms with Gasteiger partial charge in [0.15, 0.2) is 0 Å². The number of anilines is 1. The second-order valence-electron chi connectivity index (χ2n) is 5.98. The maximum absolute atomic E-state index is 12.1. The van der Waals surface area contributed by atoms with Crippen LogP contribution in [0, 0.1) is 24.0 Å². The van der Waals surface area contributed by atoms with Gasteiger partial charge in [-0.05, 0) is 44.5 Å². The van der Waals surface area contributed by atoms with Crippen LogP contribution in [0.15, 0.2) is 34.9 Å². The van der Waals surface area contributed by atoms with Gasteiger partial charge >= 0.3 is 6.03 Å². The second-order valence-corrected chi connectivity index (χ2v) is 5.98. The summed E-state index contributed by atoms with van der Waals surface area (Å²) in [6.45, 7) is 5.15. The van der Waals surface area contributed by atoms with Gasteiger partial charge in [0.25, 0.3) is 5.69 Å². The molecular formula is C17H21N3O5. The molecule has 0 fully saturated rings. The number of carbonyl (C=O) groups excluding carboxylic acids is 1. The quantitative estimate of drug-likeness (QED) is 0.546. The van der Waals surface area contributed by atoms with Crippen LogP contribution in [0.5, 0.6) is 0 Å². The first-order valence-electron chi connectivity index (χ1n) is 7.82. The molecule has 0 bridgehead atoms. The lowest BCUT2D eigenvalue weighted by Gasteiger charge is -2.18. The van der Waals surface area contributed by atoms with Crippen molar-refractivity contribution in [1.82, 2.24) is 5.32 Å². The average molecular weight is 347 g/mol. The van der Waals surface area contributed by atoms with E-state index in [4.69, 9.17) is 4.42 Å². The lowest BCUT2D eigenvalue weighted by Crippen LogP contribution is -2.37. The Balaban J connectivity index is 1.98. The van der Waals surface area contributed by atoms with E-state index in [0.717, 1.165) is 5.56 Å². The number of aryl methyl sites for hydroxylation is 2. The molecule has 3 N–H and O–H groups in total. The smallest absolute Gasteiger partial charge is 0.319 e. The number of hydrogen-bond acceptors (Lipinski definition) is 5. The minimum atomic E-state index is -0.826. The van der Waals surface area contributed by atoms with Crippen molar-refractivity contribution in [3.05, 3.63) is 57.5 Å². The second kappa shape index (κ2) is 7.80. The van der Waals surface area contributed by atoms with Crippen molar-refractivity contribution < 1.29 is 19.2 Å². The molecule has 2 amide bonds. The van der Waals surface area contributed by atoms with E-state index in [1.165, 1.54) is 12.3 Å². The molecule has 8 nitrogen and oxygen atoms in total. The van der Waals surface area contributed by atoms with Crippen molar-refractivity contribution >= 4 is 17.4 Å². The minimum Gasteiger partial charge on any atom is -0.467 e. The third-order valence-corrected chi connectivity index (χ3v) is 3.81. The number of benzene rings is 1. The fourth-order valence-corrected chi connectivity index (χ4v) is 2.55. The average Bonchev–Trinajstić information content (AvgIpc) is 3.03. The number of aliphatic hydroxyl groups excluding tert-OH is 1. The van der Waals surface area contributed by atoms with Crippen molar-refractivity contribution in [3.8, 4) is 0 Å². The largest absolute Gasteiger partial charge is 0.467 e. The van der Waals surface area contributed by atoms with E-state index in [-0.39, 0.29) is 18.2 Å². The molecule has 1 aromatic carbocycles. The van der Waals surface area contributed by atoms with Crippen LogP contribution in [0.2, 0.25) is 0 Å². The fraction of sp³-hybridized carbons (Fsp3) is 0.353. The van der Waals surface area contributed by atoms with E-state index in [0.29, 0.717) is 17.0 Å². The molecule has 1 aromatic heterocycles. The van der Waals surface area contributed by atoms with Crippen molar-refractivity contribution in [2.45, 2.75) is 39.3 Å². The van der Waals surface area contributed by atoms with Gasteiger partial charge in [0.05, 0.1) is 16.9 Å². The zero-order valence-electron chi connectivity index (χ0n) is 14.3. The minimum absolute atomic E-state index is 0.0535. The number of furan rings is 1. The first-order chi connectivity index (χ1) is 11.8. The summed E-state index contributed by atoms with van der Waals surface area (Å²) in [5.74, 6) is 0.430. The maximum atomic E-state index is 12.1. The molecule has 2 atom stereocenters. The standard InChI is InChI=1S/C17H21N3O5/c1-10-7-11(2)14(20(23)24)9-13(10)19-17(22)18-12(3)8-15(21)16-5-4-6-25-16/h4-7,9,12,15,21H,8H2,1-3H3,(H2,18,19,22)/t12-,15-/m0/s1. The molecule has 25 heavy (non-hydrogen) atoms. The van der Waals surface area contributed by atoms with Crippen LogP contribution >= 0.6 is 0 Å². The predicted octanol–water partition coefficient (Wildman–Crippen LogP) is 3.44. The molecule has 1 heterocycles. The Morgan fingerprint density at radius 2 is 2.08 bits per heavy atom. The van der Waals surface area contributed by atoms with Gasteiger partial charge in [-0.3, -0.25) is 10.1 Å². The van der Waals surface area contributed by atoms with Crippen LogP contribution < -0.4 is 10.6 Å². The highest BCUT2D eigenvalue weighted by atomic mass is 16.6. The molecule has 0 spiro atoms. The molecule has 0 aliphatic heterocycles. The highest BCUT2D eigenvalue weighted by Gasteiger charge is 2.18. The highest BCUT2D eigenvalue weighted by molar-refractivity contribution is 5.90. The predicted molar refractivity (Wildman–Crippen MR) is 92.5 cm³/mol. The van der Waals surface area contributed by atoms with E-state index < -0.39 is 17.1 Å². The summed E-state index contributed by atoms with van der Waals surface area (Å²) in [4.78, 5) is 22.6. The van der Waals surface area contributed by atoms with Crippen LogP contribution in [0.4, 0.5) is 16.2 Å². The molecule has 0 radical (unpaired) electrons. The molecule has 0 saturated heterocycles. The number of nitro groups is 1. The summed E-state index contributed by atoms with van der Waals surface area (Å²) in [6.07, 6.45) is 0.914. The van der Waals surface area contributed by atoms with Crippen molar-refractivity contribution in [3.63, 3.8) is 0 Å². The van der Waals surface area contributed by atoms with Crippen molar-refractivity contribution in [1.29, 1.82) is 0 Å². The van der Waals surface area contributed by atoms with Crippen LogP contribution in [0.1, 0.15) is 36.3 Å². The normalized spacial score (nSPS) is 13.1. The number of urea groups is 1. The molecule has 8 heteroatoms. The zero-order chi connectivity index (χ0) is 18.6. The number of amides is 2. The topological polar surface area (TPSA) is 118 Å². The summed E-state index contributed by atoms with van der Waals surface area (Å²) in [5.41, 5.74) is 1.57.